The van der Waals surface area contributed by atoms with Gasteiger partial charge in [0.2, 0.25) is 0 Å². The summed E-state index contributed by atoms with van der Waals surface area (Å²) in [5.74, 6) is 0.0212. The number of nitrogens with one attached hydrogen (secondary N) is 1. The second kappa shape index (κ2) is 5.68. The van der Waals surface area contributed by atoms with Crippen LogP contribution in [0.1, 0.15) is 49.4 Å². The van der Waals surface area contributed by atoms with Crippen molar-refractivity contribution in [3.05, 3.63) is 23.8 Å². The Morgan fingerprint density at radius 3 is 2.52 bits per heavy atom. The number of nitrogen functional groups attached to an aromatic ring is 1. The van der Waals surface area contributed by atoms with Crippen LogP contribution >= 0.6 is 0 Å². The maximum atomic E-state index is 11.4. The number of nitrogens with two attached hydrogens (primary N) is 1. The number of anilines is 2. The van der Waals surface area contributed by atoms with Gasteiger partial charge in [0.05, 0.1) is 0 Å². The molecular weight excluding hydrogens is 262 g/mol. The van der Waals surface area contributed by atoms with Crippen LogP contribution in [0, 0.1) is 0 Å². The van der Waals surface area contributed by atoms with Gasteiger partial charge in [0.25, 0.3) is 0 Å². The van der Waals surface area contributed by atoms with Crippen molar-refractivity contribution in [2.24, 2.45) is 0 Å². The first-order valence-electron chi connectivity index (χ1n) is 7.93. The largest absolute Gasteiger partial charge is 0.398 e. The van der Waals surface area contributed by atoms with Gasteiger partial charge >= 0.3 is 0 Å². The summed E-state index contributed by atoms with van der Waals surface area (Å²) in [5.41, 5.74) is 8.19. The van der Waals surface area contributed by atoms with E-state index in [2.05, 4.69) is 17.3 Å². The molecule has 2 bridgehead atoms. The summed E-state index contributed by atoms with van der Waals surface area (Å²) in [6.45, 7) is 1.55. The minimum atomic E-state index is 0.0212. The molecule has 0 saturated carbocycles. The van der Waals surface area contributed by atoms with Crippen molar-refractivity contribution in [3.63, 3.8) is 0 Å². The van der Waals surface area contributed by atoms with Crippen LogP contribution in [-0.2, 0) is 0 Å². The van der Waals surface area contributed by atoms with E-state index in [1.807, 2.05) is 18.2 Å². The predicted molar refractivity (Wildman–Crippen MR) is 86.7 cm³/mol. The number of fused-ring (bicyclic) bond motifs is 2. The molecule has 0 amide bonds. The van der Waals surface area contributed by atoms with Crippen molar-refractivity contribution in [2.45, 2.75) is 57.2 Å². The van der Waals surface area contributed by atoms with E-state index in [1.54, 1.807) is 6.92 Å². The number of carbonyl (C=O) groups is 1. The van der Waals surface area contributed by atoms with Gasteiger partial charge in [-0.25, -0.2) is 0 Å². The van der Waals surface area contributed by atoms with E-state index in [1.165, 1.54) is 32.1 Å². The third kappa shape index (κ3) is 2.91. The summed E-state index contributed by atoms with van der Waals surface area (Å²) >= 11 is 0. The Morgan fingerprint density at radius 2 is 1.95 bits per heavy atom. The third-order valence-corrected chi connectivity index (χ3v) is 5.14. The summed E-state index contributed by atoms with van der Waals surface area (Å²) in [6, 6.07) is 7.63. The van der Waals surface area contributed by atoms with Crippen LogP contribution in [0.5, 0.6) is 0 Å². The summed E-state index contributed by atoms with van der Waals surface area (Å²) in [5, 5.41) is 3.62. The highest BCUT2D eigenvalue weighted by molar-refractivity contribution is 5.99. The first-order valence-corrected chi connectivity index (χ1v) is 7.93. The maximum absolute atomic E-state index is 11.4. The molecule has 114 valence electrons. The number of hydrogen-bond donors (Lipinski definition) is 2. The summed E-state index contributed by atoms with van der Waals surface area (Å²) in [4.78, 5) is 14.0. The number of hydrogen-bond acceptors (Lipinski definition) is 4. The Hall–Kier alpha value is -1.55. The lowest BCUT2D eigenvalue weighted by molar-refractivity contribution is 0.0608. The second-order valence-electron chi connectivity index (χ2n) is 6.57. The Labute approximate surface area is 126 Å². The molecule has 2 aliphatic rings. The van der Waals surface area contributed by atoms with Gasteiger partial charge in [-0.15, -0.1) is 0 Å². The molecule has 21 heavy (non-hydrogen) atoms. The van der Waals surface area contributed by atoms with Gasteiger partial charge in [-0.3, -0.25) is 4.79 Å². The first-order chi connectivity index (χ1) is 10.0. The minimum absolute atomic E-state index is 0.0212. The fourth-order valence-electron chi connectivity index (χ4n) is 3.94. The van der Waals surface area contributed by atoms with Crippen LogP contribution in [0.25, 0.3) is 0 Å². The molecule has 3 N–H and O–H groups in total. The number of benzene rings is 1. The molecular formula is C17H25N3O. The second-order valence-corrected chi connectivity index (χ2v) is 6.57. The zero-order valence-electron chi connectivity index (χ0n) is 12.9. The van der Waals surface area contributed by atoms with Crippen LogP contribution in [0.3, 0.4) is 0 Å². The quantitative estimate of drug-likeness (QED) is 0.663. The Balaban J connectivity index is 1.70. The van der Waals surface area contributed by atoms with Crippen LogP contribution in [0.4, 0.5) is 11.4 Å². The number of ketones is 1. The average Bonchev–Trinajstić information content (AvgIpc) is 2.39. The highest BCUT2D eigenvalue weighted by atomic mass is 16.1. The van der Waals surface area contributed by atoms with Crippen molar-refractivity contribution in [3.8, 4) is 0 Å². The van der Waals surface area contributed by atoms with E-state index in [0.717, 1.165) is 5.69 Å². The van der Waals surface area contributed by atoms with E-state index in [0.29, 0.717) is 29.4 Å². The van der Waals surface area contributed by atoms with E-state index in [9.17, 15) is 4.79 Å². The molecule has 2 fully saturated rings. The molecule has 0 radical (unpaired) electrons. The zero-order chi connectivity index (χ0) is 15.0. The monoisotopic (exact) mass is 287 g/mol. The molecule has 2 saturated heterocycles. The standard InChI is InChI=1S/C17H25N3O/c1-11(21)16-7-6-12(10-17(16)18)19-13-8-14-4-3-5-15(9-13)20(14)2/h6-7,10,13-15,19H,3-5,8-9,18H2,1-2H3. The highest BCUT2D eigenvalue weighted by Crippen LogP contribution is 2.34. The SMILES string of the molecule is CC(=O)c1ccc(NC2CC3CCCC(C2)N3C)cc1N. The Kier molecular flexibility index (Phi) is 3.89. The lowest BCUT2D eigenvalue weighted by Crippen LogP contribution is -2.52. The Bertz CT molecular complexity index is 529. The van der Waals surface area contributed by atoms with Gasteiger partial charge in [0.1, 0.15) is 0 Å². The van der Waals surface area contributed by atoms with Crippen LogP contribution in [-0.4, -0.2) is 35.9 Å². The summed E-state index contributed by atoms with van der Waals surface area (Å²) < 4.78 is 0. The van der Waals surface area contributed by atoms with Crippen LogP contribution in [0.2, 0.25) is 0 Å². The molecule has 0 aliphatic carbocycles. The molecule has 1 aromatic carbocycles. The van der Waals surface area contributed by atoms with E-state index >= 15 is 0 Å². The summed E-state index contributed by atoms with van der Waals surface area (Å²) in [7, 11) is 2.27. The smallest absolute Gasteiger partial charge is 0.161 e. The van der Waals surface area contributed by atoms with E-state index in [4.69, 9.17) is 5.73 Å². The van der Waals surface area contributed by atoms with Crippen molar-refractivity contribution in [1.82, 2.24) is 4.90 Å². The molecule has 1 aromatic rings. The molecule has 4 heteroatoms. The molecule has 3 rings (SSSR count). The number of piperidine rings is 2. The number of rotatable bonds is 3. The van der Waals surface area contributed by atoms with Crippen molar-refractivity contribution in [2.75, 3.05) is 18.1 Å². The van der Waals surface area contributed by atoms with Gasteiger partial charge in [0.15, 0.2) is 5.78 Å². The minimum Gasteiger partial charge on any atom is -0.398 e. The summed E-state index contributed by atoms with van der Waals surface area (Å²) in [6.07, 6.45) is 6.39. The molecule has 2 heterocycles. The van der Waals surface area contributed by atoms with Crippen LogP contribution < -0.4 is 11.1 Å². The molecule has 2 atom stereocenters. The van der Waals surface area contributed by atoms with Gasteiger partial charge in [-0.2, -0.15) is 0 Å². The third-order valence-electron chi connectivity index (χ3n) is 5.14. The van der Waals surface area contributed by atoms with Crippen molar-refractivity contribution in [1.29, 1.82) is 0 Å². The topological polar surface area (TPSA) is 58.4 Å². The van der Waals surface area contributed by atoms with Crippen LogP contribution in [0.15, 0.2) is 18.2 Å². The van der Waals surface area contributed by atoms with Crippen molar-refractivity contribution >= 4 is 17.2 Å². The number of nitrogens with zero attached hydrogens (tertiary/aromatic N) is 1. The number of carbonyl (C=O) groups excluding carboxylic acids is 1. The molecule has 4 nitrogen and oxygen atoms in total. The molecule has 0 aromatic heterocycles. The first kappa shape index (κ1) is 14.4. The fourth-order valence-corrected chi connectivity index (χ4v) is 3.94. The molecule has 0 spiro atoms. The van der Waals surface area contributed by atoms with Crippen molar-refractivity contribution < 1.29 is 4.79 Å². The molecule has 2 aliphatic heterocycles. The predicted octanol–water partition coefficient (Wildman–Crippen LogP) is 2.90. The lowest BCUT2D eigenvalue weighted by atomic mass is 9.82. The Morgan fingerprint density at radius 1 is 1.29 bits per heavy atom. The maximum Gasteiger partial charge on any atom is 0.161 e. The lowest BCUT2D eigenvalue weighted by Gasteiger charge is -2.47. The molecule has 2 unspecified atom stereocenters. The zero-order valence-corrected chi connectivity index (χ0v) is 12.9. The van der Waals surface area contributed by atoms with E-state index < -0.39 is 0 Å². The van der Waals surface area contributed by atoms with Gasteiger partial charge in [0, 0.05) is 35.1 Å². The van der Waals surface area contributed by atoms with Gasteiger partial charge in [-0.1, -0.05) is 6.42 Å². The van der Waals surface area contributed by atoms with Gasteiger partial charge < -0.3 is 16.0 Å². The average molecular weight is 287 g/mol. The fraction of sp³-hybridized carbons (Fsp3) is 0.588. The number of Topliss-reactive ketones (excluding diaryl/α,β-unsaturated/α-hetero) is 1. The van der Waals surface area contributed by atoms with E-state index in [-0.39, 0.29) is 5.78 Å². The highest BCUT2D eigenvalue weighted by Gasteiger charge is 2.35. The van der Waals surface area contributed by atoms with Gasteiger partial charge in [-0.05, 0) is 57.9 Å². The normalized spacial score (nSPS) is 29.1.